The third kappa shape index (κ3) is 4.97. The zero-order valence-corrected chi connectivity index (χ0v) is 16.7. The van der Waals surface area contributed by atoms with Gasteiger partial charge in [0.15, 0.2) is 0 Å². The molecule has 0 fully saturated rings. The molecule has 0 saturated carbocycles. The molecule has 2 N–H and O–H groups in total. The van der Waals surface area contributed by atoms with Crippen molar-refractivity contribution in [2.75, 3.05) is 5.32 Å². The molecule has 6 heteroatoms. The topological polar surface area (TPSA) is 58.6 Å². The maximum atomic E-state index is 11.3. The largest absolute Gasteiger partial charge is 0.489 e. The number of aromatic carboxylic acids is 1. The fourth-order valence-corrected chi connectivity index (χ4v) is 3.27. The smallest absolute Gasteiger partial charge is 0.336 e. The lowest BCUT2D eigenvalue weighted by Crippen LogP contribution is -2.07. The van der Waals surface area contributed by atoms with E-state index >= 15 is 0 Å². The summed E-state index contributed by atoms with van der Waals surface area (Å²) < 4.78 is 5.96. The van der Waals surface area contributed by atoms with Gasteiger partial charge in [-0.25, -0.2) is 4.79 Å². The summed E-state index contributed by atoms with van der Waals surface area (Å²) in [5.41, 5.74) is 3.54. The summed E-state index contributed by atoms with van der Waals surface area (Å²) in [7, 11) is 0. The van der Waals surface area contributed by atoms with Gasteiger partial charge in [0.1, 0.15) is 12.4 Å². The SMILES string of the molecule is Cc1c(NCc2cc(Cl)ccc2OCc2cccc(Cl)c2)cccc1C(=O)O. The normalized spacial score (nSPS) is 10.5. The summed E-state index contributed by atoms with van der Waals surface area (Å²) in [4.78, 5) is 11.3. The minimum atomic E-state index is -0.950. The van der Waals surface area contributed by atoms with Crippen LogP contribution in [0.4, 0.5) is 5.69 Å². The van der Waals surface area contributed by atoms with Crippen LogP contribution in [0.15, 0.2) is 60.7 Å². The van der Waals surface area contributed by atoms with Crippen LogP contribution in [0, 0.1) is 6.92 Å². The minimum absolute atomic E-state index is 0.272. The molecule has 28 heavy (non-hydrogen) atoms. The minimum Gasteiger partial charge on any atom is -0.489 e. The zero-order chi connectivity index (χ0) is 20.1. The van der Waals surface area contributed by atoms with Crippen LogP contribution >= 0.6 is 23.2 Å². The Balaban J connectivity index is 1.76. The molecule has 0 aliphatic carbocycles. The Labute approximate surface area is 173 Å². The van der Waals surface area contributed by atoms with Crippen molar-refractivity contribution < 1.29 is 14.6 Å². The van der Waals surface area contributed by atoms with Crippen molar-refractivity contribution in [3.63, 3.8) is 0 Å². The van der Waals surface area contributed by atoms with Crippen molar-refractivity contribution in [3.05, 3.63) is 93.0 Å². The lowest BCUT2D eigenvalue weighted by Gasteiger charge is -2.15. The first kappa shape index (κ1) is 20.1. The van der Waals surface area contributed by atoms with E-state index in [4.69, 9.17) is 27.9 Å². The molecule has 0 aliphatic rings. The third-order valence-corrected chi connectivity index (χ3v) is 4.81. The van der Waals surface area contributed by atoms with Gasteiger partial charge in [-0.3, -0.25) is 0 Å². The van der Waals surface area contributed by atoms with E-state index in [9.17, 15) is 9.90 Å². The summed E-state index contributed by atoms with van der Waals surface area (Å²) in [6.45, 7) is 2.60. The molecule has 3 rings (SSSR count). The van der Waals surface area contributed by atoms with Crippen molar-refractivity contribution in [1.29, 1.82) is 0 Å². The van der Waals surface area contributed by atoms with E-state index in [2.05, 4.69) is 5.32 Å². The molecule has 4 nitrogen and oxygen atoms in total. The summed E-state index contributed by atoms with van der Waals surface area (Å²) in [5, 5.41) is 13.8. The van der Waals surface area contributed by atoms with E-state index in [0.717, 1.165) is 16.8 Å². The summed E-state index contributed by atoms with van der Waals surface area (Å²) in [6.07, 6.45) is 0. The fourth-order valence-electron chi connectivity index (χ4n) is 2.86. The van der Waals surface area contributed by atoms with Crippen LogP contribution in [-0.2, 0) is 13.2 Å². The van der Waals surface area contributed by atoms with Crippen LogP contribution in [0.3, 0.4) is 0 Å². The molecule has 0 bridgehead atoms. The molecule has 3 aromatic rings. The van der Waals surface area contributed by atoms with E-state index < -0.39 is 5.97 Å². The second-order valence-electron chi connectivity index (χ2n) is 6.31. The standard InChI is InChI=1S/C22H19Cl2NO3/c1-14-19(22(26)27)6-3-7-20(14)25-12-16-11-18(24)8-9-21(16)28-13-15-4-2-5-17(23)10-15/h2-11,25H,12-13H2,1H3,(H,26,27). The second kappa shape index (κ2) is 9.00. The number of nitrogens with one attached hydrogen (secondary N) is 1. The maximum absolute atomic E-state index is 11.3. The number of hydrogen-bond acceptors (Lipinski definition) is 3. The van der Waals surface area contributed by atoms with Gasteiger partial charge in [0.25, 0.3) is 0 Å². The molecule has 0 aromatic heterocycles. The highest BCUT2D eigenvalue weighted by Gasteiger charge is 2.11. The van der Waals surface area contributed by atoms with Gasteiger partial charge in [-0.15, -0.1) is 0 Å². The summed E-state index contributed by atoms with van der Waals surface area (Å²) in [5.74, 6) is -0.252. The van der Waals surface area contributed by atoms with Gasteiger partial charge in [-0.05, 0) is 60.5 Å². The third-order valence-electron chi connectivity index (χ3n) is 4.34. The predicted molar refractivity (Wildman–Crippen MR) is 113 cm³/mol. The number of hydrogen-bond donors (Lipinski definition) is 2. The number of carbonyl (C=O) groups is 1. The van der Waals surface area contributed by atoms with E-state index in [0.29, 0.717) is 34.5 Å². The molecular formula is C22H19Cl2NO3. The zero-order valence-electron chi connectivity index (χ0n) is 15.2. The molecule has 0 radical (unpaired) electrons. The average molecular weight is 416 g/mol. The highest BCUT2D eigenvalue weighted by atomic mass is 35.5. The number of rotatable bonds is 7. The Kier molecular flexibility index (Phi) is 6.45. The Morgan fingerprint density at radius 1 is 1.04 bits per heavy atom. The van der Waals surface area contributed by atoms with Crippen LogP contribution in [0.25, 0.3) is 0 Å². The van der Waals surface area contributed by atoms with Crippen molar-refractivity contribution in [2.45, 2.75) is 20.1 Å². The first-order valence-corrected chi connectivity index (χ1v) is 9.42. The van der Waals surface area contributed by atoms with E-state index in [1.54, 1.807) is 25.1 Å². The summed E-state index contributed by atoms with van der Waals surface area (Å²) in [6, 6.07) is 18.1. The van der Waals surface area contributed by atoms with Crippen LogP contribution in [0.1, 0.15) is 27.0 Å². The number of carboxylic acid groups (broad SMARTS) is 1. The highest BCUT2D eigenvalue weighted by molar-refractivity contribution is 6.30. The monoisotopic (exact) mass is 415 g/mol. The highest BCUT2D eigenvalue weighted by Crippen LogP contribution is 2.26. The summed E-state index contributed by atoms with van der Waals surface area (Å²) >= 11 is 12.2. The molecule has 0 heterocycles. The van der Waals surface area contributed by atoms with Gasteiger partial charge in [0.05, 0.1) is 5.56 Å². The molecule has 0 amide bonds. The van der Waals surface area contributed by atoms with E-state index in [1.165, 1.54) is 0 Å². The molecule has 0 aliphatic heterocycles. The Hall–Kier alpha value is -2.69. The van der Waals surface area contributed by atoms with Crippen LogP contribution in [-0.4, -0.2) is 11.1 Å². The maximum Gasteiger partial charge on any atom is 0.336 e. The molecule has 0 saturated heterocycles. The van der Waals surface area contributed by atoms with Gasteiger partial charge in [-0.2, -0.15) is 0 Å². The predicted octanol–water partition coefficient (Wildman–Crippen LogP) is 6.19. The van der Waals surface area contributed by atoms with Crippen molar-refractivity contribution in [3.8, 4) is 5.75 Å². The van der Waals surface area contributed by atoms with Gasteiger partial charge in [0, 0.05) is 27.8 Å². The van der Waals surface area contributed by atoms with E-state index in [1.807, 2.05) is 42.5 Å². The number of ether oxygens (including phenoxy) is 1. The van der Waals surface area contributed by atoms with Crippen LogP contribution in [0.5, 0.6) is 5.75 Å². The van der Waals surface area contributed by atoms with Crippen LogP contribution in [0.2, 0.25) is 10.0 Å². The van der Waals surface area contributed by atoms with Crippen LogP contribution < -0.4 is 10.1 Å². The average Bonchev–Trinajstić information content (AvgIpc) is 2.66. The fraction of sp³-hybridized carbons (Fsp3) is 0.136. The number of benzene rings is 3. The van der Waals surface area contributed by atoms with Gasteiger partial charge in [-0.1, -0.05) is 41.4 Å². The second-order valence-corrected chi connectivity index (χ2v) is 7.18. The molecular weight excluding hydrogens is 397 g/mol. The quantitative estimate of drug-likeness (QED) is 0.482. The Bertz CT molecular complexity index is 1000. The Morgan fingerprint density at radius 3 is 2.54 bits per heavy atom. The van der Waals surface area contributed by atoms with Gasteiger partial charge >= 0.3 is 5.97 Å². The van der Waals surface area contributed by atoms with Crippen molar-refractivity contribution in [2.24, 2.45) is 0 Å². The van der Waals surface area contributed by atoms with Gasteiger partial charge in [0.2, 0.25) is 0 Å². The number of halogens is 2. The first-order valence-electron chi connectivity index (χ1n) is 8.66. The molecule has 0 atom stereocenters. The van der Waals surface area contributed by atoms with Gasteiger partial charge < -0.3 is 15.2 Å². The Morgan fingerprint density at radius 2 is 1.79 bits per heavy atom. The molecule has 144 valence electrons. The molecule has 3 aromatic carbocycles. The number of carboxylic acids is 1. The lowest BCUT2D eigenvalue weighted by atomic mass is 10.1. The van der Waals surface area contributed by atoms with Crippen molar-refractivity contribution in [1.82, 2.24) is 0 Å². The molecule has 0 unspecified atom stereocenters. The van der Waals surface area contributed by atoms with E-state index in [-0.39, 0.29) is 5.56 Å². The van der Waals surface area contributed by atoms with Crippen molar-refractivity contribution >= 4 is 34.9 Å². The molecule has 0 spiro atoms. The lowest BCUT2D eigenvalue weighted by molar-refractivity contribution is 0.0696. The number of anilines is 1. The first-order chi connectivity index (χ1) is 13.4.